The van der Waals surface area contributed by atoms with Crippen molar-refractivity contribution in [1.82, 2.24) is 0 Å². The molecule has 0 amide bonds. The number of aldehydes is 1. The summed E-state index contributed by atoms with van der Waals surface area (Å²) in [4.78, 5) is 10.6. The molecule has 0 aliphatic carbocycles. The molecule has 2 nitrogen and oxygen atoms in total. The van der Waals surface area contributed by atoms with Gasteiger partial charge < -0.3 is 4.74 Å². The summed E-state index contributed by atoms with van der Waals surface area (Å²) in [6.45, 7) is 1.95. The highest BCUT2D eigenvalue weighted by Crippen LogP contribution is 2.32. The average molecular weight is 326 g/mol. The summed E-state index contributed by atoms with van der Waals surface area (Å²) < 4.78 is 6.68. The molecule has 0 radical (unpaired) electrons. The van der Waals surface area contributed by atoms with E-state index >= 15 is 0 Å². The number of carbonyl (C=O) groups excluding carboxylic acids is 1. The molecule has 2 aromatic carbocycles. The first-order valence-corrected chi connectivity index (χ1v) is 6.46. The molecular formula is C14H10BrClO2. The Bertz CT molecular complexity index is 596. The number of hydrogen-bond acceptors (Lipinski definition) is 2. The third kappa shape index (κ3) is 2.92. The van der Waals surface area contributed by atoms with Crippen molar-refractivity contribution in [3.05, 3.63) is 57.0 Å². The summed E-state index contributed by atoms with van der Waals surface area (Å²) in [5, 5.41) is 0.416. The van der Waals surface area contributed by atoms with Gasteiger partial charge in [0.1, 0.15) is 17.8 Å². The Balaban J connectivity index is 2.34. The van der Waals surface area contributed by atoms with Gasteiger partial charge in [0.05, 0.1) is 5.02 Å². The minimum atomic E-state index is 0.416. The highest BCUT2D eigenvalue weighted by atomic mass is 79.9. The van der Waals surface area contributed by atoms with Crippen LogP contribution in [-0.2, 0) is 0 Å². The summed E-state index contributed by atoms with van der Waals surface area (Å²) in [7, 11) is 0. The zero-order chi connectivity index (χ0) is 13.1. The maximum absolute atomic E-state index is 10.6. The topological polar surface area (TPSA) is 26.3 Å². The van der Waals surface area contributed by atoms with Crippen LogP contribution < -0.4 is 4.74 Å². The van der Waals surface area contributed by atoms with E-state index in [1.54, 1.807) is 18.2 Å². The number of halogens is 2. The molecule has 0 spiro atoms. The van der Waals surface area contributed by atoms with E-state index in [9.17, 15) is 4.79 Å². The summed E-state index contributed by atoms with van der Waals surface area (Å²) in [6.07, 6.45) is 0.750. The van der Waals surface area contributed by atoms with Crippen molar-refractivity contribution in [2.45, 2.75) is 6.92 Å². The summed E-state index contributed by atoms with van der Waals surface area (Å²) in [5.41, 5.74) is 1.53. The first-order valence-electron chi connectivity index (χ1n) is 5.29. The normalized spacial score (nSPS) is 10.2. The zero-order valence-electron chi connectivity index (χ0n) is 9.61. The van der Waals surface area contributed by atoms with Gasteiger partial charge in [-0.25, -0.2) is 0 Å². The van der Waals surface area contributed by atoms with Gasteiger partial charge in [0.2, 0.25) is 0 Å². The number of hydrogen-bond donors (Lipinski definition) is 0. The van der Waals surface area contributed by atoms with Crippen LogP contribution in [0.3, 0.4) is 0 Å². The molecule has 0 saturated carbocycles. The monoisotopic (exact) mass is 324 g/mol. The van der Waals surface area contributed by atoms with Crippen molar-refractivity contribution in [3.63, 3.8) is 0 Å². The van der Waals surface area contributed by atoms with E-state index in [1.165, 1.54) is 0 Å². The molecule has 0 fully saturated rings. The number of aryl methyl sites for hydroxylation is 1. The Morgan fingerprint density at radius 1 is 1.17 bits per heavy atom. The fraction of sp³-hybridized carbons (Fsp3) is 0.0714. The molecule has 92 valence electrons. The summed E-state index contributed by atoms with van der Waals surface area (Å²) in [6, 6.07) is 10.7. The summed E-state index contributed by atoms with van der Waals surface area (Å²) >= 11 is 9.45. The van der Waals surface area contributed by atoms with Crippen LogP contribution >= 0.6 is 27.5 Å². The van der Waals surface area contributed by atoms with Crippen LogP contribution in [0.15, 0.2) is 40.9 Å². The molecule has 0 atom stereocenters. The molecule has 0 aliphatic heterocycles. The lowest BCUT2D eigenvalue weighted by Crippen LogP contribution is -1.89. The Kier molecular flexibility index (Phi) is 4.04. The predicted octanol–water partition coefficient (Wildman–Crippen LogP) is 5.02. The molecule has 0 unspecified atom stereocenters. The van der Waals surface area contributed by atoms with Crippen molar-refractivity contribution in [2.75, 3.05) is 0 Å². The molecule has 2 rings (SSSR count). The highest BCUT2D eigenvalue weighted by Gasteiger charge is 2.07. The number of ether oxygens (including phenoxy) is 1. The fourth-order valence-corrected chi connectivity index (χ4v) is 2.04. The lowest BCUT2D eigenvalue weighted by molar-refractivity contribution is 0.112. The molecule has 4 heteroatoms. The zero-order valence-corrected chi connectivity index (χ0v) is 12.0. The molecule has 0 heterocycles. The maximum atomic E-state index is 10.6. The quantitative estimate of drug-likeness (QED) is 0.741. The van der Waals surface area contributed by atoms with Gasteiger partial charge in [-0.15, -0.1) is 0 Å². The highest BCUT2D eigenvalue weighted by molar-refractivity contribution is 9.10. The number of benzene rings is 2. The lowest BCUT2D eigenvalue weighted by Gasteiger charge is -2.10. The molecule has 2 aromatic rings. The predicted molar refractivity (Wildman–Crippen MR) is 75.8 cm³/mol. The van der Waals surface area contributed by atoms with E-state index in [-0.39, 0.29) is 0 Å². The van der Waals surface area contributed by atoms with E-state index in [0.29, 0.717) is 16.3 Å². The van der Waals surface area contributed by atoms with Gasteiger partial charge in [-0.1, -0.05) is 33.6 Å². The van der Waals surface area contributed by atoms with Crippen LogP contribution in [0.5, 0.6) is 11.5 Å². The maximum Gasteiger partial charge on any atom is 0.150 e. The van der Waals surface area contributed by atoms with Gasteiger partial charge in [0, 0.05) is 10.0 Å². The van der Waals surface area contributed by atoms with E-state index in [4.69, 9.17) is 16.3 Å². The van der Waals surface area contributed by atoms with Crippen LogP contribution in [0, 0.1) is 6.92 Å². The van der Waals surface area contributed by atoms with E-state index in [0.717, 1.165) is 22.1 Å². The van der Waals surface area contributed by atoms with Crippen LogP contribution in [0.2, 0.25) is 5.02 Å². The Labute approximate surface area is 119 Å². The third-order valence-electron chi connectivity index (χ3n) is 2.46. The van der Waals surface area contributed by atoms with Crippen molar-refractivity contribution < 1.29 is 9.53 Å². The standard InChI is InChI=1S/C14H10BrClO2/c1-9-2-4-11(15)7-14(9)18-13-5-3-10(8-17)6-12(13)16/h2-8H,1H3. The first-order chi connectivity index (χ1) is 8.60. The largest absolute Gasteiger partial charge is 0.455 e. The Hall–Kier alpha value is -1.32. The lowest BCUT2D eigenvalue weighted by atomic mass is 10.2. The van der Waals surface area contributed by atoms with Gasteiger partial charge in [-0.2, -0.15) is 0 Å². The van der Waals surface area contributed by atoms with Crippen LogP contribution in [0.25, 0.3) is 0 Å². The fourth-order valence-electron chi connectivity index (χ4n) is 1.48. The Morgan fingerprint density at radius 2 is 1.94 bits per heavy atom. The van der Waals surface area contributed by atoms with Crippen molar-refractivity contribution in [2.24, 2.45) is 0 Å². The summed E-state index contributed by atoms with van der Waals surface area (Å²) in [5.74, 6) is 1.26. The number of rotatable bonds is 3. The molecule has 0 saturated heterocycles. The van der Waals surface area contributed by atoms with Crippen LogP contribution in [0.4, 0.5) is 0 Å². The van der Waals surface area contributed by atoms with Crippen molar-refractivity contribution in [1.29, 1.82) is 0 Å². The van der Waals surface area contributed by atoms with E-state index in [2.05, 4.69) is 15.9 Å². The third-order valence-corrected chi connectivity index (χ3v) is 3.25. The van der Waals surface area contributed by atoms with Gasteiger partial charge in [-0.05, 0) is 42.8 Å². The second kappa shape index (κ2) is 5.55. The van der Waals surface area contributed by atoms with Gasteiger partial charge >= 0.3 is 0 Å². The second-order valence-corrected chi connectivity index (χ2v) is 5.14. The van der Waals surface area contributed by atoms with Gasteiger partial charge in [0.25, 0.3) is 0 Å². The molecule has 18 heavy (non-hydrogen) atoms. The Morgan fingerprint density at radius 3 is 2.61 bits per heavy atom. The molecular weight excluding hydrogens is 316 g/mol. The van der Waals surface area contributed by atoms with Crippen molar-refractivity contribution in [3.8, 4) is 11.5 Å². The second-order valence-electron chi connectivity index (χ2n) is 3.82. The molecule has 0 N–H and O–H groups in total. The van der Waals surface area contributed by atoms with E-state index < -0.39 is 0 Å². The first kappa shape index (κ1) is 13.1. The molecule has 0 bridgehead atoms. The van der Waals surface area contributed by atoms with E-state index in [1.807, 2.05) is 25.1 Å². The SMILES string of the molecule is Cc1ccc(Br)cc1Oc1ccc(C=O)cc1Cl. The van der Waals surface area contributed by atoms with Crippen molar-refractivity contribution >= 4 is 33.8 Å². The minimum Gasteiger partial charge on any atom is -0.455 e. The van der Waals surface area contributed by atoms with Crippen LogP contribution in [0.1, 0.15) is 15.9 Å². The minimum absolute atomic E-state index is 0.416. The van der Waals surface area contributed by atoms with Crippen LogP contribution in [-0.4, -0.2) is 6.29 Å². The smallest absolute Gasteiger partial charge is 0.150 e. The molecule has 0 aliphatic rings. The molecule has 0 aromatic heterocycles. The van der Waals surface area contributed by atoms with Gasteiger partial charge in [0.15, 0.2) is 0 Å². The average Bonchev–Trinajstić information content (AvgIpc) is 2.36. The number of carbonyl (C=O) groups is 1. The van der Waals surface area contributed by atoms with Gasteiger partial charge in [-0.3, -0.25) is 4.79 Å².